The molecule has 0 fully saturated rings. The highest BCUT2D eigenvalue weighted by Gasteiger charge is 2.12. The molecule has 5 heteroatoms. The van der Waals surface area contributed by atoms with Crippen molar-refractivity contribution in [3.63, 3.8) is 0 Å². The van der Waals surface area contributed by atoms with E-state index < -0.39 is 0 Å². The smallest absolute Gasteiger partial charge is 0.306 e. The number of thiophene rings is 1. The normalized spacial score (nSPS) is 13.0. The molecule has 17 heavy (non-hydrogen) atoms. The molecule has 0 aliphatic rings. The van der Waals surface area contributed by atoms with Crippen molar-refractivity contribution in [1.82, 2.24) is 9.97 Å². The van der Waals surface area contributed by atoms with Crippen molar-refractivity contribution >= 4 is 38.3 Å². The second kappa shape index (κ2) is 4.16. The molecule has 0 saturated heterocycles. The number of imidazole rings is 1. The molecule has 0 spiro atoms. The lowest BCUT2D eigenvalue weighted by Gasteiger charge is -2.07. The molecule has 0 bridgehead atoms. The zero-order chi connectivity index (χ0) is 11.8. The van der Waals surface area contributed by atoms with Crippen LogP contribution >= 0.6 is 27.3 Å². The van der Waals surface area contributed by atoms with Crippen molar-refractivity contribution in [3.05, 3.63) is 56.6 Å². The zero-order valence-corrected chi connectivity index (χ0v) is 11.1. The summed E-state index contributed by atoms with van der Waals surface area (Å²) < 4.78 is 0. The molecule has 2 heterocycles. The van der Waals surface area contributed by atoms with E-state index in [9.17, 15) is 4.79 Å². The number of hydrogen-bond acceptors (Lipinski definition) is 2. The SMILES string of the molecule is O=c1[nH]c2ccc(C(Br)c3cccs3)cc2[nH]1. The average molecular weight is 309 g/mol. The first-order valence-corrected chi connectivity index (χ1v) is 6.93. The van der Waals surface area contributed by atoms with Crippen LogP contribution in [0, 0.1) is 0 Å². The number of benzene rings is 1. The van der Waals surface area contributed by atoms with Gasteiger partial charge in [-0.2, -0.15) is 0 Å². The minimum atomic E-state index is -0.167. The zero-order valence-electron chi connectivity index (χ0n) is 8.74. The minimum Gasteiger partial charge on any atom is -0.306 e. The second-order valence-electron chi connectivity index (χ2n) is 3.76. The molecule has 0 aliphatic heterocycles. The lowest BCUT2D eigenvalue weighted by Crippen LogP contribution is -1.99. The van der Waals surface area contributed by atoms with Crippen LogP contribution in [0.3, 0.4) is 0 Å². The third kappa shape index (κ3) is 1.96. The molecule has 0 aliphatic carbocycles. The molecular weight excluding hydrogens is 300 g/mol. The molecule has 2 aromatic heterocycles. The second-order valence-corrected chi connectivity index (χ2v) is 5.66. The topological polar surface area (TPSA) is 48.6 Å². The monoisotopic (exact) mass is 308 g/mol. The van der Waals surface area contributed by atoms with Gasteiger partial charge in [-0.1, -0.05) is 28.1 Å². The van der Waals surface area contributed by atoms with E-state index in [0.29, 0.717) is 0 Å². The van der Waals surface area contributed by atoms with Crippen molar-refractivity contribution in [1.29, 1.82) is 0 Å². The van der Waals surface area contributed by atoms with Crippen LogP contribution in [0.15, 0.2) is 40.5 Å². The predicted molar refractivity (Wildman–Crippen MR) is 74.0 cm³/mol. The Balaban J connectivity index is 2.08. The maximum atomic E-state index is 11.2. The Bertz CT molecular complexity index is 699. The molecule has 1 atom stereocenters. The summed E-state index contributed by atoms with van der Waals surface area (Å²) in [6, 6.07) is 10.1. The molecule has 0 saturated carbocycles. The van der Waals surface area contributed by atoms with Crippen LogP contribution in [-0.4, -0.2) is 9.97 Å². The summed E-state index contributed by atoms with van der Waals surface area (Å²) in [4.78, 5) is 18.1. The van der Waals surface area contributed by atoms with Gasteiger partial charge in [-0.3, -0.25) is 0 Å². The first-order valence-electron chi connectivity index (χ1n) is 5.13. The van der Waals surface area contributed by atoms with Crippen LogP contribution < -0.4 is 5.69 Å². The van der Waals surface area contributed by atoms with Gasteiger partial charge in [0.15, 0.2) is 0 Å². The fourth-order valence-electron chi connectivity index (χ4n) is 1.81. The molecule has 0 amide bonds. The average Bonchev–Trinajstić information content (AvgIpc) is 2.94. The van der Waals surface area contributed by atoms with E-state index in [1.165, 1.54) is 4.88 Å². The van der Waals surface area contributed by atoms with Gasteiger partial charge in [0.2, 0.25) is 0 Å². The van der Waals surface area contributed by atoms with Gasteiger partial charge >= 0.3 is 5.69 Å². The summed E-state index contributed by atoms with van der Waals surface area (Å²) in [5.41, 5.74) is 2.65. The first-order chi connectivity index (χ1) is 8.24. The molecule has 3 nitrogen and oxygen atoms in total. The highest BCUT2D eigenvalue weighted by molar-refractivity contribution is 9.09. The number of halogens is 1. The standard InChI is InChI=1S/C12H9BrN2OS/c13-11(10-2-1-5-17-10)7-3-4-8-9(6-7)15-12(16)14-8/h1-6,11H,(H2,14,15,16). The fourth-order valence-corrected chi connectivity index (χ4v) is 3.30. The summed E-state index contributed by atoms with van der Waals surface area (Å²) in [5.74, 6) is 0. The fraction of sp³-hybridized carbons (Fsp3) is 0.0833. The predicted octanol–water partition coefficient (Wildman–Crippen LogP) is 3.40. The molecule has 3 aromatic rings. The van der Waals surface area contributed by atoms with E-state index in [2.05, 4.69) is 37.3 Å². The van der Waals surface area contributed by atoms with Gasteiger partial charge in [0, 0.05) is 4.88 Å². The number of aromatic nitrogens is 2. The van der Waals surface area contributed by atoms with Gasteiger partial charge in [-0.15, -0.1) is 11.3 Å². The van der Waals surface area contributed by atoms with Crippen LogP contribution in [0.2, 0.25) is 0 Å². The van der Waals surface area contributed by atoms with Gasteiger partial charge in [-0.05, 0) is 29.1 Å². The van der Waals surface area contributed by atoms with Gasteiger partial charge in [0.25, 0.3) is 0 Å². The van der Waals surface area contributed by atoms with Crippen molar-refractivity contribution in [2.75, 3.05) is 0 Å². The maximum absolute atomic E-state index is 11.2. The van der Waals surface area contributed by atoms with Gasteiger partial charge in [-0.25, -0.2) is 4.79 Å². The Labute approximate surface area is 110 Å². The van der Waals surface area contributed by atoms with Crippen molar-refractivity contribution in [3.8, 4) is 0 Å². The highest BCUT2D eigenvalue weighted by Crippen LogP contribution is 2.34. The molecule has 86 valence electrons. The molecule has 1 unspecified atom stereocenters. The summed E-state index contributed by atoms with van der Waals surface area (Å²) in [6.45, 7) is 0. The number of H-pyrrole nitrogens is 2. The number of hydrogen-bond donors (Lipinski definition) is 2. The van der Waals surface area contributed by atoms with Crippen molar-refractivity contribution < 1.29 is 0 Å². The quantitative estimate of drug-likeness (QED) is 0.700. The van der Waals surface area contributed by atoms with Crippen LogP contribution in [0.25, 0.3) is 11.0 Å². The van der Waals surface area contributed by atoms with Crippen LogP contribution in [0.5, 0.6) is 0 Å². The first kappa shape index (κ1) is 10.8. The molecule has 0 radical (unpaired) electrons. The lowest BCUT2D eigenvalue weighted by atomic mass is 10.1. The Morgan fingerprint density at radius 1 is 1.18 bits per heavy atom. The largest absolute Gasteiger partial charge is 0.323 e. The van der Waals surface area contributed by atoms with Gasteiger partial charge < -0.3 is 9.97 Å². The third-order valence-electron chi connectivity index (χ3n) is 2.63. The van der Waals surface area contributed by atoms with E-state index in [0.717, 1.165) is 16.6 Å². The number of aromatic amines is 2. The Morgan fingerprint density at radius 3 is 2.76 bits per heavy atom. The summed E-state index contributed by atoms with van der Waals surface area (Å²) in [6.07, 6.45) is 0. The molecule has 3 rings (SSSR count). The third-order valence-corrected chi connectivity index (χ3v) is 4.89. The molecule has 2 N–H and O–H groups in total. The van der Waals surface area contributed by atoms with Crippen molar-refractivity contribution in [2.45, 2.75) is 4.83 Å². The molecular formula is C12H9BrN2OS. The van der Waals surface area contributed by atoms with Crippen LogP contribution in [0.4, 0.5) is 0 Å². The molecule has 1 aromatic carbocycles. The Morgan fingerprint density at radius 2 is 2.00 bits per heavy atom. The summed E-state index contributed by atoms with van der Waals surface area (Å²) in [7, 11) is 0. The van der Waals surface area contributed by atoms with Crippen LogP contribution in [-0.2, 0) is 0 Å². The van der Waals surface area contributed by atoms with E-state index in [-0.39, 0.29) is 10.5 Å². The van der Waals surface area contributed by atoms with Crippen molar-refractivity contribution in [2.24, 2.45) is 0 Å². The highest BCUT2D eigenvalue weighted by atomic mass is 79.9. The minimum absolute atomic E-state index is 0.167. The number of alkyl halides is 1. The Hall–Kier alpha value is -1.33. The van der Waals surface area contributed by atoms with Gasteiger partial charge in [0.05, 0.1) is 15.9 Å². The van der Waals surface area contributed by atoms with E-state index in [4.69, 9.17) is 0 Å². The van der Waals surface area contributed by atoms with E-state index >= 15 is 0 Å². The lowest BCUT2D eigenvalue weighted by molar-refractivity contribution is 1.21. The number of rotatable bonds is 2. The van der Waals surface area contributed by atoms with Crippen LogP contribution in [0.1, 0.15) is 15.3 Å². The Kier molecular flexibility index (Phi) is 2.64. The summed E-state index contributed by atoms with van der Waals surface area (Å²) >= 11 is 5.38. The maximum Gasteiger partial charge on any atom is 0.323 e. The summed E-state index contributed by atoms with van der Waals surface area (Å²) in [5, 5.41) is 2.06. The van der Waals surface area contributed by atoms with Gasteiger partial charge in [0.1, 0.15) is 0 Å². The van der Waals surface area contributed by atoms with E-state index in [1.807, 2.05) is 24.3 Å². The number of fused-ring (bicyclic) bond motifs is 1. The number of nitrogens with one attached hydrogen (secondary N) is 2. The van der Waals surface area contributed by atoms with E-state index in [1.54, 1.807) is 11.3 Å².